The van der Waals surface area contributed by atoms with Crippen LogP contribution in [0.1, 0.15) is 48.7 Å². The standard InChI is InChI=1S/C20H24FN3O3S2/c21-16-5-2-6-18(11-16)29(26,27)24-9-7-15(8-10-24)20-23-17(13-28-20)12-22-19(25)14-3-1-4-14/h2,5-6,11,13-15H,1,3-4,7-10,12H2,(H,22,25). The Bertz CT molecular complexity index is 980. The van der Waals surface area contributed by atoms with Crippen molar-refractivity contribution in [2.45, 2.75) is 49.5 Å². The number of halogens is 1. The van der Waals surface area contributed by atoms with Crippen LogP contribution in [0.3, 0.4) is 0 Å². The van der Waals surface area contributed by atoms with Gasteiger partial charge in [0, 0.05) is 30.3 Å². The van der Waals surface area contributed by atoms with Gasteiger partial charge in [-0.05, 0) is 43.9 Å². The number of hydrogen-bond donors (Lipinski definition) is 1. The summed E-state index contributed by atoms with van der Waals surface area (Å²) < 4.78 is 40.3. The molecule has 156 valence electrons. The summed E-state index contributed by atoms with van der Waals surface area (Å²) in [6, 6.07) is 5.14. The first-order valence-corrected chi connectivity index (χ1v) is 12.2. The largest absolute Gasteiger partial charge is 0.350 e. The molecule has 6 nitrogen and oxygen atoms in total. The predicted octanol–water partition coefficient (Wildman–Crippen LogP) is 3.27. The Hall–Kier alpha value is -1.84. The van der Waals surface area contributed by atoms with Gasteiger partial charge in [-0.3, -0.25) is 4.79 Å². The van der Waals surface area contributed by atoms with Crippen molar-refractivity contribution in [3.05, 3.63) is 46.2 Å². The van der Waals surface area contributed by atoms with E-state index in [2.05, 4.69) is 10.3 Å². The lowest BCUT2D eigenvalue weighted by Gasteiger charge is -2.30. The summed E-state index contributed by atoms with van der Waals surface area (Å²) in [5.41, 5.74) is 0.854. The molecule has 9 heteroatoms. The van der Waals surface area contributed by atoms with Gasteiger partial charge in [-0.15, -0.1) is 11.3 Å². The second kappa shape index (κ2) is 8.49. The number of rotatable bonds is 6. The quantitative estimate of drug-likeness (QED) is 0.752. The van der Waals surface area contributed by atoms with Crippen molar-refractivity contribution in [1.82, 2.24) is 14.6 Å². The van der Waals surface area contributed by atoms with E-state index >= 15 is 0 Å². The lowest BCUT2D eigenvalue weighted by Crippen LogP contribution is -2.37. The summed E-state index contributed by atoms with van der Waals surface area (Å²) in [5.74, 6) is -0.0742. The molecule has 0 unspecified atom stereocenters. The van der Waals surface area contributed by atoms with E-state index in [0.717, 1.165) is 36.0 Å². The monoisotopic (exact) mass is 437 g/mol. The minimum absolute atomic E-state index is 0.00492. The third-order valence-corrected chi connectivity index (χ3v) is 8.68. The summed E-state index contributed by atoms with van der Waals surface area (Å²) in [6.45, 7) is 1.21. The molecule has 1 aliphatic carbocycles. The van der Waals surface area contributed by atoms with Crippen molar-refractivity contribution in [1.29, 1.82) is 0 Å². The molecule has 1 saturated carbocycles. The molecule has 1 saturated heterocycles. The first-order chi connectivity index (χ1) is 13.9. The van der Waals surface area contributed by atoms with Crippen molar-refractivity contribution >= 4 is 27.3 Å². The van der Waals surface area contributed by atoms with Gasteiger partial charge in [-0.1, -0.05) is 12.5 Å². The first kappa shape index (κ1) is 20.4. The van der Waals surface area contributed by atoms with Gasteiger partial charge in [-0.25, -0.2) is 17.8 Å². The summed E-state index contributed by atoms with van der Waals surface area (Å²) in [5, 5.41) is 5.91. The molecule has 29 heavy (non-hydrogen) atoms. The lowest BCUT2D eigenvalue weighted by atomic mass is 9.85. The highest BCUT2D eigenvalue weighted by molar-refractivity contribution is 7.89. The van der Waals surface area contributed by atoms with Crippen LogP contribution in [0.4, 0.5) is 4.39 Å². The number of piperidine rings is 1. The second-order valence-corrected chi connectivity index (χ2v) is 10.5. The normalized spacial score (nSPS) is 19.1. The molecule has 0 spiro atoms. The third kappa shape index (κ3) is 4.51. The van der Waals surface area contributed by atoms with Crippen molar-refractivity contribution in [3.63, 3.8) is 0 Å². The Labute approximate surface area is 174 Å². The Kier molecular flexibility index (Phi) is 5.98. The first-order valence-electron chi connectivity index (χ1n) is 9.91. The smallest absolute Gasteiger partial charge is 0.243 e. The van der Waals surface area contributed by atoms with Gasteiger partial charge < -0.3 is 5.32 Å². The number of thiazole rings is 1. The minimum atomic E-state index is -3.68. The Morgan fingerprint density at radius 1 is 1.24 bits per heavy atom. The molecule has 2 aromatic rings. The maximum atomic E-state index is 13.4. The maximum Gasteiger partial charge on any atom is 0.243 e. The van der Waals surface area contributed by atoms with E-state index < -0.39 is 15.8 Å². The molecule has 1 N–H and O–H groups in total. The van der Waals surface area contributed by atoms with Crippen LogP contribution >= 0.6 is 11.3 Å². The Balaban J connectivity index is 1.32. The third-order valence-electron chi connectivity index (χ3n) is 5.73. The molecule has 2 fully saturated rings. The number of hydrogen-bond acceptors (Lipinski definition) is 5. The van der Waals surface area contributed by atoms with Crippen molar-refractivity contribution in [3.8, 4) is 0 Å². The summed E-state index contributed by atoms with van der Waals surface area (Å²) in [4.78, 5) is 16.6. The Morgan fingerprint density at radius 3 is 2.66 bits per heavy atom. The highest BCUT2D eigenvalue weighted by Gasteiger charge is 2.31. The zero-order valence-electron chi connectivity index (χ0n) is 16.0. The number of nitrogens with one attached hydrogen (secondary N) is 1. The van der Waals surface area contributed by atoms with Gasteiger partial charge in [0.2, 0.25) is 15.9 Å². The van der Waals surface area contributed by atoms with E-state index in [0.29, 0.717) is 32.5 Å². The van der Waals surface area contributed by atoms with Crippen molar-refractivity contribution in [2.24, 2.45) is 5.92 Å². The van der Waals surface area contributed by atoms with Crippen LogP contribution < -0.4 is 5.32 Å². The van der Waals surface area contributed by atoms with Gasteiger partial charge in [0.1, 0.15) is 5.82 Å². The second-order valence-electron chi connectivity index (χ2n) is 7.66. The number of aromatic nitrogens is 1. The number of benzene rings is 1. The summed E-state index contributed by atoms with van der Waals surface area (Å²) in [6.07, 6.45) is 4.44. The average molecular weight is 438 g/mol. The predicted molar refractivity (Wildman–Crippen MR) is 108 cm³/mol. The van der Waals surface area contributed by atoms with Crippen LogP contribution in [0.2, 0.25) is 0 Å². The van der Waals surface area contributed by atoms with E-state index in [1.165, 1.54) is 22.5 Å². The van der Waals surface area contributed by atoms with Gasteiger partial charge in [0.15, 0.2) is 0 Å². The van der Waals surface area contributed by atoms with Crippen LogP contribution in [-0.4, -0.2) is 36.7 Å². The van der Waals surface area contributed by atoms with E-state index in [4.69, 9.17) is 0 Å². The molecule has 0 bridgehead atoms. The zero-order valence-corrected chi connectivity index (χ0v) is 17.6. The van der Waals surface area contributed by atoms with Crippen LogP contribution in [0, 0.1) is 11.7 Å². The molecule has 1 amide bonds. The van der Waals surface area contributed by atoms with E-state index in [-0.39, 0.29) is 22.6 Å². The van der Waals surface area contributed by atoms with Crippen LogP contribution in [0.15, 0.2) is 34.5 Å². The van der Waals surface area contributed by atoms with Gasteiger partial charge >= 0.3 is 0 Å². The van der Waals surface area contributed by atoms with Gasteiger partial charge in [0.05, 0.1) is 22.1 Å². The highest BCUT2D eigenvalue weighted by Crippen LogP contribution is 2.32. The number of nitrogens with zero attached hydrogens (tertiary/aromatic N) is 2. The minimum Gasteiger partial charge on any atom is -0.350 e. The molecular formula is C20H24FN3O3S2. The number of amides is 1. The van der Waals surface area contributed by atoms with Crippen molar-refractivity contribution in [2.75, 3.05) is 13.1 Å². The van der Waals surface area contributed by atoms with Gasteiger partial charge in [-0.2, -0.15) is 4.31 Å². The summed E-state index contributed by atoms with van der Waals surface area (Å²) in [7, 11) is -3.68. The fourth-order valence-corrected chi connectivity index (χ4v) is 6.20. The molecule has 2 aliphatic rings. The molecule has 2 heterocycles. The lowest BCUT2D eigenvalue weighted by molar-refractivity contribution is -0.127. The van der Waals surface area contributed by atoms with Crippen LogP contribution in [0.25, 0.3) is 0 Å². The van der Waals surface area contributed by atoms with Gasteiger partial charge in [0.25, 0.3) is 0 Å². The fraction of sp³-hybridized carbons (Fsp3) is 0.500. The molecule has 4 rings (SSSR count). The average Bonchev–Trinajstić information content (AvgIpc) is 3.14. The fourth-order valence-electron chi connectivity index (χ4n) is 3.70. The van der Waals surface area contributed by atoms with E-state index in [1.54, 1.807) is 11.3 Å². The van der Waals surface area contributed by atoms with E-state index in [9.17, 15) is 17.6 Å². The molecule has 0 radical (unpaired) electrons. The molecule has 1 aromatic carbocycles. The van der Waals surface area contributed by atoms with Crippen LogP contribution in [0.5, 0.6) is 0 Å². The Morgan fingerprint density at radius 2 is 2.00 bits per heavy atom. The number of sulfonamides is 1. The zero-order chi connectivity index (χ0) is 20.4. The number of carbonyl (C=O) groups excluding carboxylic acids is 1. The maximum absolute atomic E-state index is 13.4. The topological polar surface area (TPSA) is 79.4 Å². The highest BCUT2D eigenvalue weighted by atomic mass is 32.2. The summed E-state index contributed by atoms with van der Waals surface area (Å²) >= 11 is 1.56. The molecule has 1 aromatic heterocycles. The number of carbonyl (C=O) groups is 1. The SMILES string of the molecule is O=C(NCc1csc(C2CCN(S(=O)(=O)c3cccc(F)c3)CC2)n1)C1CCC1. The molecule has 1 aliphatic heterocycles. The van der Waals surface area contributed by atoms with Crippen molar-refractivity contribution < 1.29 is 17.6 Å². The molecular weight excluding hydrogens is 413 g/mol. The molecule has 0 atom stereocenters. The van der Waals surface area contributed by atoms with E-state index in [1.807, 2.05) is 5.38 Å². The van der Waals surface area contributed by atoms with Crippen LogP contribution in [-0.2, 0) is 21.4 Å².